The average Bonchev–Trinajstić information content (AvgIpc) is 2.01. The molecule has 2 nitrogen and oxygen atoms in total. The van der Waals surface area contributed by atoms with Crippen LogP contribution >= 0.6 is 22.6 Å². The second kappa shape index (κ2) is 3.69. The lowest BCUT2D eigenvalue weighted by atomic mass is 10.2. The van der Waals surface area contributed by atoms with Crippen LogP contribution in [-0.4, -0.2) is 12.1 Å². The van der Waals surface area contributed by atoms with Crippen molar-refractivity contribution in [1.82, 2.24) is 4.98 Å². The van der Waals surface area contributed by atoms with E-state index in [0.717, 1.165) is 12.4 Å². The predicted octanol–water partition coefficient (Wildman–Crippen LogP) is 2.71. The molecular weight excluding hydrogens is 298 g/mol. The summed E-state index contributed by atoms with van der Waals surface area (Å²) in [6.07, 6.45) is -2.21. The minimum Gasteiger partial charge on any atom is -0.494 e. The van der Waals surface area contributed by atoms with Gasteiger partial charge in [-0.25, -0.2) is 0 Å². The molecule has 0 saturated heterocycles. The maximum absolute atomic E-state index is 12.4. The number of alkyl halides is 3. The van der Waals surface area contributed by atoms with Gasteiger partial charge in [-0.05, 0) is 22.6 Å². The molecule has 0 aliphatic rings. The number of methoxy groups -OCH3 is 1. The van der Waals surface area contributed by atoms with E-state index in [2.05, 4.69) is 9.72 Å². The zero-order chi connectivity index (χ0) is 10.1. The summed E-state index contributed by atoms with van der Waals surface area (Å²) in [5.74, 6) is -0.251. The fraction of sp³-hybridized carbons (Fsp3) is 0.286. The van der Waals surface area contributed by atoms with Crippen LogP contribution in [-0.2, 0) is 6.18 Å². The topological polar surface area (TPSA) is 22.1 Å². The van der Waals surface area contributed by atoms with Gasteiger partial charge in [-0.2, -0.15) is 13.2 Å². The number of ether oxygens (including phenoxy) is 1. The molecule has 13 heavy (non-hydrogen) atoms. The third kappa shape index (κ3) is 2.23. The van der Waals surface area contributed by atoms with E-state index in [0.29, 0.717) is 0 Å². The number of hydrogen-bond acceptors (Lipinski definition) is 2. The van der Waals surface area contributed by atoms with Crippen LogP contribution in [0.25, 0.3) is 0 Å². The van der Waals surface area contributed by atoms with Crippen molar-refractivity contribution in [3.05, 3.63) is 21.5 Å². The van der Waals surface area contributed by atoms with Crippen molar-refractivity contribution in [2.45, 2.75) is 6.18 Å². The van der Waals surface area contributed by atoms with E-state index in [4.69, 9.17) is 0 Å². The van der Waals surface area contributed by atoms with E-state index in [9.17, 15) is 13.2 Å². The molecule has 0 radical (unpaired) electrons. The molecule has 0 bridgehead atoms. The molecule has 0 aliphatic carbocycles. The highest BCUT2D eigenvalue weighted by Crippen LogP contribution is 2.38. The molecule has 1 rings (SSSR count). The third-order valence-corrected chi connectivity index (χ3v) is 2.19. The molecular formula is C7H5F3INO. The maximum atomic E-state index is 12.4. The Morgan fingerprint density at radius 2 is 2.00 bits per heavy atom. The van der Waals surface area contributed by atoms with Gasteiger partial charge in [-0.1, -0.05) is 0 Å². The van der Waals surface area contributed by atoms with Crippen molar-refractivity contribution in [3.8, 4) is 5.75 Å². The van der Waals surface area contributed by atoms with Gasteiger partial charge in [0.1, 0.15) is 11.3 Å². The molecule has 1 aromatic rings. The smallest absolute Gasteiger partial charge is 0.421 e. The summed E-state index contributed by atoms with van der Waals surface area (Å²) in [6.45, 7) is 0. The number of pyridine rings is 1. The van der Waals surface area contributed by atoms with Crippen molar-refractivity contribution in [2.75, 3.05) is 7.11 Å². The van der Waals surface area contributed by atoms with Crippen molar-refractivity contribution >= 4 is 22.6 Å². The number of nitrogens with zero attached hydrogens (tertiary/aromatic N) is 1. The van der Waals surface area contributed by atoms with Gasteiger partial charge in [0.25, 0.3) is 0 Å². The molecule has 0 atom stereocenters. The van der Waals surface area contributed by atoms with Crippen molar-refractivity contribution in [3.63, 3.8) is 0 Å². The second-order valence-corrected chi connectivity index (χ2v) is 3.36. The normalized spacial score (nSPS) is 11.5. The molecule has 0 aliphatic heterocycles. The number of halogens is 4. The fourth-order valence-electron chi connectivity index (χ4n) is 0.847. The van der Waals surface area contributed by atoms with Gasteiger partial charge in [-0.15, -0.1) is 0 Å². The molecule has 0 saturated carbocycles. The number of aromatic nitrogens is 1. The highest BCUT2D eigenvalue weighted by molar-refractivity contribution is 14.1. The molecule has 0 unspecified atom stereocenters. The van der Waals surface area contributed by atoms with Crippen molar-refractivity contribution in [2.24, 2.45) is 0 Å². The first kappa shape index (κ1) is 10.6. The SMILES string of the molecule is COc1cncc(I)c1C(F)(F)F. The molecule has 0 spiro atoms. The average molecular weight is 303 g/mol. The second-order valence-electron chi connectivity index (χ2n) is 2.20. The summed E-state index contributed by atoms with van der Waals surface area (Å²) >= 11 is 1.57. The summed E-state index contributed by atoms with van der Waals surface area (Å²) in [5, 5.41) is 0. The van der Waals surface area contributed by atoms with E-state index >= 15 is 0 Å². The lowest BCUT2D eigenvalue weighted by Crippen LogP contribution is -2.10. The molecule has 72 valence electrons. The van der Waals surface area contributed by atoms with E-state index in [1.807, 2.05) is 0 Å². The van der Waals surface area contributed by atoms with Gasteiger partial charge < -0.3 is 4.74 Å². The first-order chi connectivity index (χ1) is 5.96. The highest BCUT2D eigenvalue weighted by Gasteiger charge is 2.36. The quantitative estimate of drug-likeness (QED) is 0.744. The predicted molar refractivity (Wildman–Crippen MR) is 48.5 cm³/mol. The van der Waals surface area contributed by atoms with Gasteiger partial charge in [0.05, 0.1) is 13.3 Å². The Hall–Kier alpha value is -0.530. The summed E-state index contributed by atoms with van der Waals surface area (Å²) in [5.41, 5.74) is -0.773. The molecule has 6 heteroatoms. The van der Waals surface area contributed by atoms with Gasteiger partial charge in [0.15, 0.2) is 0 Å². The Morgan fingerprint density at radius 3 is 2.38 bits per heavy atom. The Bertz CT molecular complexity index is 313. The molecule has 0 N–H and O–H groups in total. The van der Waals surface area contributed by atoms with Crippen LogP contribution in [0, 0.1) is 3.57 Å². The van der Waals surface area contributed by atoms with Crippen LogP contribution in [0.4, 0.5) is 13.2 Å². The molecule has 0 fully saturated rings. The maximum Gasteiger partial charge on any atom is 0.421 e. The van der Waals surface area contributed by atoms with Crippen molar-refractivity contribution in [1.29, 1.82) is 0 Å². The Morgan fingerprint density at radius 1 is 1.38 bits per heavy atom. The third-order valence-electron chi connectivity index (χ3n) is 1.37. The van der Waals surface area contributed by atoms with Crippen LogP contribution < -0.4 is 4.74 Å². The number of rotatable bonds is 1. The fourth-order valence-corrected chi connectivity index (χ4v) is 1.58. The lowest BCUT2D eigenvalue weighted by molar-refractivity contribution is -0.139. The van der Waals surface area contributed by atoms with E-state index in [1.54, 1.807) is 22.6 Å². The van der Waals surface area contributed by atoms with Crippen LogP contribution in [0.3, 0.4) is 0 Å². The lowest BCUT2D eigenvalue weighted by Gasteiger charge is -2.12. The van der Waals surface area contributed by atoms with E-state index < -0.39 is 11.7 Å². The summed E-state index contributed by atoms with van der Waals surface area (Å²) in [4.78, 5) is 3.60. The minimum atomic E-state index is -4.40. The summed E-state index contributed by atoms with van der Waals surface area (Å²) < 4.78 is 41.7. The molecule has 0 amide bonds. The van der Waals surface area contributed by atoms with Crippen LogP contribution in [0.2, 0.25) is 0 Å². The Labute approximate surface area is 86.3 Å². The van der Waals surface area contributed by atoms with E-state index in [1.165, 1.54) is 7.11 Å². The van der Waals surface area contributed by atoms with Crippen molar-refractivity contribution < 1.29 is 17.9 Å². The summed E-state index contributed by atoms with van der Waals surface area (Å²) in [6, 6.07) is 0. The Balaban J connectivity index is 3.32. The Kier molecular flexibility index (Phi) is 2.99. The van der Waals surface area contributed by atoms with Gasteiger partial charge in [-0.3, -0.25) is 4.98 Å². The number of hydrogen-bond donors (Lipinski definition) is 0. The van der Waals surface area contributed by atoms with E-state index in [-0.39, 0.29) is 9.32 Å². The monoisotopic (exact) mass is 303 g/mol. The van der Waals surface area contributed by atoms with Crippen LogP contribution in [0.1, 0.15) is 5.56 Å². The first-order valence-corrected chi connectivity index (χ1v) is 4.29. The molecule has 1 heterocycles. The van der Waals surface area contributed by atoms with Crippen LogP contribution in [0.15, 0.2) is 12.4 Å². The summed E-state index contributed by atoms with van der Waals surface area (Å²) in [7, 11) is 1.18. The van der Waals surface area contributed by atoms with Crippen LogP contribution in [0.5, 0.6) is 5.75 Å². The first-order valence-electron chi connectivity index (χ1n) is 3.21. The molecule has 0 aromatic carbocycles. The van der Waals surface area contributed by atoms with Gasteiger partial charge in [0, 0.05) is 9.77 Å². The minimum absolute atomic E-state index is 0.0319. The largest absolute Gasteiger partial charge is 0.494 e. The zero-order valence-electron chi connectivity index (χ0n) is 6.52. The molecule has 1 aromatic heterocycles. The van der Waals surface area contributed by atoms with Gasteiger partial charge >= 0.3 is 6.18 Å². The zero-order valence-corrected chi connectivity index (χ0v) is 8.68. The highest BCUT2D eigenvalue weighted by atomic mass is 127. The van der Waals surface area contributed by atoms with Gasteiger partial charge in [0.2, 0.25) is 0 Å². The standard InChI is InChI=1S/C7H5F3INO/c1-13-5-3-12-2-4(11)6(5)7(8,9)10/h2-3H,1H3.